The molecule has 0 saturated heterocycles. The molecule has 0 aliphatic carbocycles. The molecule has 2 heterocycles. The number of amides is 1. The first-order chi connectivity index (χ1) is 14.2. The molecule has 2 aromatic carbocycles. The van der Waals surface area contributed by atoms with Crippen LogP contribution in [0.2, 0.25) is 5.02 Å². The Hall–Kier alpha value is -2.59. The Morgan fingerprint density at radius 3 is 2.37 bits per heavy atom. The second-order valence-electron chi connectivity index (χ2n) is 9.46. The number of aromatic amines is 1. The largest absolute Gasteiger partial charge is 0.295 e. The predicted molar refractivity (Wildman–Crippen MR) is 122 cm³/mol. The van der Waals surface area contributed by atoms with Crippen LogP contribution >= 0.6 is 11.6 Å². The number of carbonyl (C=O) groups excluding carboxylic acids is 1. The fourth-order valence-corrected chi connectivity index (χ4v) is 4.39. The predicted octanol–water partition coefficient (Wildman–Crippen LogP) is 6.31. The molecule has 1 aliphatic rings. The zero-order chi connectivity index (χ0) is 21.6. The summed E-state index contributed by atoms with van der Waals surface area (Å²) in [7, 11) is 0. The first-order valence-electron chi connectivity index (χ1n) is 10.4. The van der Waals surface area contributed by atoms with Gasteiger partial charge in [-0.1, -0.05) is 76.6 Å². The van der Waals surface area contributed by atoms with Crippen molar-refractivity contribution in [1.82, 2.24) is 10.2 Å². The molecule has 3 aromatic rings. The van der Waals surface area contributed by atoms with E-state index in [4.69, 9.17) is 11.6 Å². The molecular formula is C25H28ClN3O. The number of nitrogens with zero attached hydrogens (tertiary/aromatic N) is 2. The second-order valence-corrected chi connectivity index (χ2v) is 9.87. The van der Waals surface area contributed by atoms with Crippen LogP contribution in [0.1, 0.15) is 73.5 Å². The number of carbonyl (C=O) groups is 1. The molecule has 1 aliphatic heterocycles. The molecule has 1 unspecified atom stereocenters. The molecule has 0 spiro atoms. The Balaban J connectivity index is 1.86. The number of anilines is 1. The van der Waals surface area contributed by atoms with Crippen LogP contribution in [0.25, 0.3) is 0 Å². The van der Waals surface area contributed by atoms with Crippen LogP contribution < -0.4 is 4.90 Å². The number of H-pyrrole nitrogens is 1. The van der Waals surface area contributed by atoms with Crippen LogP contribution in [0.15, 0.2) is 48.5 Å². The zero-order valence-corrected chi connectivity index (χ0v) is 18.9. The molecule has 0 bridgehead atoms. The van der Waals surface area contributed by atoms with Gasteiger partial charge in [-0.05, 0) is 47.1 Å². The molecule has 0 saturated carbocycles. The molecule has 0 fully saturated rings. The van der Waals surface area contributed by atoms with E-state index in [0.717, 1.165) is 28.9 Å². The van der Waals surface area contributed by atoms with Crippen LogP contribution in [0, 0.1) is 5.92 Å². The van der Waals surface area contributed by atoms with Crippen LogP contribution in [0.3, 0.4) is 0 Å². The van der Waals surface area contributed by atoms with Gasteiger partial charge in [-0.3, -0.25) is 14.8 Å². The Labute approximate surface area is 183 Å². The van der Waals surface area contributed by atoms with Gasteiger partial charge in [0.15, 0.2) is 5.69 Å². The summed E-state index contributed by atoms with van der Waals surface area (Å²) in [6.07, 6.45) is 0.827. The van der Waals surface area contributed by atoms with Crippen molar-refractivity contribution in [3.05, 3.63) is 81.6 Å². The van der Waals surface area contributed by atoms with Crippen molar-refractivity contribution < 1.29 is 4.79 Å². The number of benzene rings is 2. The lowest BCUT2D eigenvalue weighted by Gasteiger charge is -2.28. The number of aromatic nitrogens is 2. The highest BCUT2D eigenvalue weighted by molar-refractivity contribution is 6.31. The summed E-state index contributed by atoms with van der Waals surface area (Å²) in [6, 6.07) is 15.7. The number of halogens is 1. The second kappa shape index (κ2) is 7.59. The molecule has 5 heteroatoms. The highest BCUT2D eigenvalue weighted by Gasteiger charge is 2.43. The van der Waals surface area contributed by atoms with Gasteiger partial charge in [-0.25, -0.2) is 0 Å². The van der Waals surface area contributed by atoms with E-state index in [-0.39, 0.29) is 17.4 Å². The molecule has 1 atom stereocenters. The molecule has 1 N–H and O–H groups in total. The Morgan fingerprint density at radius 1 is 1.10 bits per heavy atom. The van der Waals surface area contributed by atoms with E-state index in [1.54, 1.807) is 0 Å². The van der Waals surface area contributed by atoms with Crippen molar-refractivity contribution in [2.75, 3.05) is 4.90 Å². The first-order valence-corrected chi connectivity index (χ1v) is 10.8. The Morgan fingerprint density at radius 2 is 1.77 bits per heavy atom. The van der Waals surface area contributed by atoms with Gasteiger partial charge in [-0.15, -0.1) is 0 Å². The molecule has 4 nitrogen and oxygen atoms in total. The normalized spacial score (nSPS) is 16.4. The van der Waals surface area contributed by atoms with Crippen molar-refractivity contribution in [2.24, 2.45) is 5.92 Å². The topological polar surface area (TPSA) is 49.0 Å². The fraction of sp³-hybridized carbons (Fsp3) is 0.360. The molecule has 4 rings (SSSR count). The van der Waals surface area contributed by atoms with Crippen LogP contribution in [-0.4, -0.2) is 16.1 Å². The number of hydrogen-bond acceptors (Lipinski definition) is 2. The van der Waals surface area contributed by atoms with Gasteiger partial charge in [0.05, 0.1) is 6.04 Å². The quantitative estimate of drug-likeness (QED) is 0.536. The lowest BCUT2D eigenvalue weighted by Crippen LogP contribution is -2.29. The standard InChI is InChI=1S/C25H28ClN3O/c1-15(2)14-20-21-22(28-27-20)24(30)29(23(21)18-8-6-7-9-19(18)26)17-12-10-16(11-13-17)25(3,4)5/h6-13,15,23H,14H2,1-5H3,(H,27,28). The molecule has 1 amide bonds. The Kier molecular flexibility index (Phi) is 5.23. The average Bonchev–Trinajstić information content (AvgIpc) is 3.20. The third kappa shape index (κ3) is 3.54. The van der Waals surface area contributed by atoms with E-state index in [2.05, 4.69) is 56.9 Å². The molecule has 156 valence electrons. The third-order valence-corrected chi connectivity index (χ3v) is 6.00. The van der Waals surface area contributed by atoms with E-state index in [9.17, 15) is 4.79 Å². The minimum Gasteiger partial charge on any atom is -0.295 e. The fourth-order valence-electron chi connectivity index (χ4n) is 4.15. The van der Waals surface area contributed by atoms with Gasteiger partial charge in [-0.2, -0.15) is 5.10 Å². The van der Waals surface area contributed by atoms with E-state index in [1.807, 2.05) is 41.3 Å². The lowest BCUT2D eigenvalue weighted by atomic mass is 9.87. The van der Waals surface area contributed by atoms with Crippen molar-refractivity contribution in [3.8, 4) is 0 Å². The summed E-state index contributed by atoms with van der Waals surface area (Å²) in [5.74, 6) is 0.348. The summed E-state index contributed by atoms with van der Waals surface area (Å²) >= 11 is 6.61. The van der Waals surface area contributed by atoms with Crippen LogP contribution in [0.5, 0.6) is 0 Å². The van der Waals surface area contributed by atoms with Crippen molar-refractivity contribution >= 4 is 23.2 Å². The van der Waals surface area contributed by atoms with E-state index in [1.165, 1.54) is 5.56 Å². The van der Waals surface area contributed by atoms with Gasteiger partial charge < -0.3 is 0 Å². The SMILES string of the molecule is CC(C)Cc1[nH]nc2c1C(c1ccccc1Cl)N(c1ccc(C(C)(C)C)cc1)C2=O. The minimum absolute atomic E-state index is 0.0488. The highest BCUT2D eigenvalue weighted by Crippen LogP contribution is 2.45. The van der Waals surface area contributed by atoms with Crippen molar-refractivity contribution in [1.29, 1.82) is 0 Å². The van der Waals surface area contributed by atoms with E-state index in [0.29, 0.717) is 16.6 Å². The number of nitrogens with one attached hydrogen (secondary N) is 1. The average molecular weight is 422 g/mol. The maximum Gasteiger partial charge on any atom is 0.280 e. The first kappa shape index (κ1) is 20.7. The van der Waals surface area contributed by atoms with Crippen LogP contribution in [-0.2, 0) is 11.8 Å². The smallest absolute Gasteiger partial charge is 0.280 e. The molecule has 1 aromatic heterocycles. The minimum atomic E-state index is -0.297. The summed E-state index contributed by atoms with van der Waals surface area (Å²) in [5, 5.41) is 8.18. The molecular weight excluding hydrogens is 394 g/mol. The van der Waals surface area contributed by atoms with Gasteiger partial charge in [0.2, 0.25) is 0 Å². The Bertz CT molecular complexity index is 1080. The number of hydrogen-bond donors (Lipinski definition) is 1. The maximum atomic E-state index is 13.5. The van der Waals surface area contributed by atoms with E-state index < -0.39 is 0 Å². The highest BCUT2D eigenvalue weighted by atomic mass is 35.5. The van der Waals surface area contributed by atoms with Gasteiger partial charge in [0, 0.05) is 22.0 Å². The lowest BCUT2D eigenvalue weighted by molar-refractivity contribution is 0.0988. The molecule has 0 radical (unpaired) electrons. The molecule has 30 heavy (non-hydrogen) atoms. The van der Waals surface area contributed by atoms with Gasteiger partial charge in [0.25, 0.3) is 5.91 Å². The van der Waals surface area contributed by atoms with E-state index >= 15 is 0 Å². The van der Waals surface area contributed by atoms with Crippen molar-refractivity contribution in [3.63, 3.8) is 0 Å². The number of rotatable bonds is 4. The maximum absolute atomic E-state index is 13.5. The monoisotopic (exact) mass is 421 g/mol. The van der Waals surface area contributed by atoms with Gasteiger partial charge >= 0.3 is 0 Å². The van der Waals surface area contributed by atoms with Crippen molar-refractivity contribution in [2.45, 2.75) is 52.5 Å². The third-order valence-electron chi connectivity index (χ3n) is 5.66. The van der Waals surface area contributed by atoms with Gasteiger partial charge in [0.1, 0.15) is 0 Å². The number of fused-ring (bicyclic) bond motifs is 1. The summed E-state index contributed by atoms with van der Waals surface area (Å²) < 4.78 is 0. The summed E-state index contributed by atoms with van der Waals surface area (Å²) in [5.41, 5.74) is 5.49. The van der Waals surface area contributed by atoms with Crippen LogP contribution in [0.4, 0.5) is 5.69 Å². The summed E-state index contributed by atoms with van der Waals surface area (Å²) in [4.78, 5) is 15.3. The summed E-state index contributed by atoms with van der Waals surface area (Å²) in [6.45, 7) is 10.9. The zero-order valence-electron chi connectivity index (χ0n) is 18.2.